The van der Waals surface area contributed by atoms with Gasteiger partial charge < -0.3 is 16.4 Å². The summed E-state index contributed by atoms with van der Waals surface area (Å²) >= 11 is 0. The minimum Gasteiger partial charge on any atom is -0.399 e. The van der Waals surface area contributed by atoms with Crippen molar-refractivity contribution in [3.8, 4) is 0 Å². The molecule has 0 aliphatic carbocycles. The molecule has 2 rings (SSSR count). The molecule has 0 unspecified atom stereocenters. The van der Waals surface area contributed by atoms with Crippen molar-refractivity contribution in [3.05, 3.63) is 59.2 Å². The zero-order valence-corrected chi connectivity index (χ0v) is 14.2. The Balaban J connectivity index is 2.03. The van der Waals surface area contributed by atoms with Crippen molar-refractivity contribution in [3.63, 3.8) is 0 Å². The second-order valence-corrected chi connectivity index (χ2v) is 6.12. The van der Waals surface area contributed by atoms with Gasteiger partial charge in [-0.15, -0.1) is 0 Å². The summed E-state index contributed by atoms with van der Waals surface area (Å²) in [7, 11) is 0. The monoisotopic (exact) mass is 325 g/mol. The molecule has 126 valence electrons. The lowest BCUT2D eigenvalue weighted by atomic mass is 10.1. The molecule has 2 aromatic rings. The Labute approximate surface area is 142 Å². The maximum Gasteiger partial charge on any atom is 0.251 e. The van der Waals surface area contributed by atoms with Gasteiger partial charge in [-0.25, -0.2) is 0 Å². The first-order chi connectivity index (χ1) is 11.3. The standard InChI is InChI=1S/C19H23N3O2/c1-12(2)21-19(24)15-6-9-17(13(3)10-15)22-18(23)11-14-4-7-16(20)8-5-14/h4-10,12H,11,20H2,1-3H3,(H,21,24)(H,22,23). The van der Waals surface area contributed by atoms with Gasteiger partial charge in [-0.1, -0.05) is 12.1 Å². The van der Waals surface area contributed by atoms with Crippen molar-refractivity contribution in [2.75, 3.05) is 11.1 Å². The number of nitrogens with two attached hydrogens (primary N) is 1. The predicted octanol–water partition coefficient (Wildman–Crippen LogP) is 2.90. The van der Waals surface area contributed by atoms with Crippen LogP contribution in [0.2, 0.25) is 0 Å². The number of nitrogen functional groups attached to an aromatic ring is 1. The number of benzene rings is 2. The van der Waals surface area contributed by atoms with Gasteiger partial charge in [-0.3, -0.25) is 9.59 Å². The normalized spacial score (nSPS) is 10.5. The number of rotatable bonds is 5. The molecule has 0 fully saturated rings. The first-order valence-corrected chi connectivity index (χ1v) is 7.91. The SMILES string of the molecule is Cc1cc(C(=O)NC(C)C)ccc1NC(=O)Cc1ccc(N)cc1. The molecule has 0 aliphatic rings. The Bertz CT molecular complexity index is 737. The molecular weight excluding hydrogens is 302 g/mol. The van der Waals surface area contributed by atoms with Crippen LogP contribution in [0.5, 0.6) is 0 Å². The van der Waals surface area contributed by atoms with Gasteiger partial charge in [0.1, 0.15) is 0 Å². The van der Waals surface area contributed by atoms with E-state index in [1.54, 1.807) is 30.3 Å². The molecule has 0 bridgehead atoms. The van der Waals surface area contributed by atoms with Crippen molar-refractivity contribution in [1.82, 2.24) is 5.32 Å². The Hall–Kier alpha value is -2.82. The Morgan fingerprint density at radius 3 is 2.33 bits per heavy atom. The van der Waals surface area contributed by atoms with Crippen LogP contribution in [-0.2, 0) is 11.2 Å². The summed E-state index contributed by atoms with van der Waals surface area (Å²) < 4.78 is 0. The van der Waals surface area contributed by atoms with Gasteiger partial charge >= 0.3 is 0 Å². The molecule has 0 radical (unpaired) electrons. The van der Waals surface area contributed by atoms with E-state index in [0.29, 0.717) is 16.9 Å². The first kappa shape index (κ1) is 17.5. The van der Waals surface area contributed by atoms with Gasteiger partial charge in [0.2, 0.25) is 5.91 Å². The van der Waals surface area contributed by atoms with Crippen molar-refractivity contribution in [2.45, 2.75) is 33.2 Å². The molecule has 0 spiro atoms. The zero-order chi connectivity index (χ0) is 17.7. The number of anilines is 2. The van der Waals surface area contributed by atoms with E-state index in [0.717, 1.165) is 11.1 Å². The van der Waals surface area contributed by atoms with Crippen LogP contribution in [0.3, 0.4) is 0 Å². The van der Waals surface area contributed by atoms with Crippen molar-refractivity contribution in [2.24, 2.45) is 0 Å². The molecule has 5 nitrogen and oxygen atoms in total. The fourth-order valence-electron chi connectivity index (χ4n) is 2.31. The average Bonchev–Trinajstić information content (AvgIpc) is 2.51. The molecular formula is C19H23N3O2. The fourth-order valence-corrected chi connectivity index (χ4v) is 2.31. The molecule has 0 saturated heterocycles. The van der Waals surface area contributed by atoms with Gasteiger partial charge in [0, 0.05) is 23.0 Å². The Morgan fingerprint density at radius 2 is 1.75 bits per heavy atom. The number of amides is 2. The summed E-state index contributed by atoms with van der Waals surface area (Å²) in [6, 6.07) is 12.5. The van der Waals surface area contributed by atoms with Crippen molar-refractivity contribution >= 4 is 23.2 Å². The average molecular weight is 325 g/mol. The summed E-state index contributed by atoms with van der Waals surface area (Å²) in [6.45, 7) is 5.69. The molecule has 0 aromatic heterocycles. The maximum atomic E-state index is 12.2. The van der Waals surface area contributed by atoms with Crippen molar-refractivity contribution < 1.29 is 9.59 Å². The highest BCUT2D eigenvalue weighted by molar-refractivity contribution is 5.97. The number of hydrogen-bond acceptors (Lipinski definition) is 3. The smallest absolute Gasteiger partial charge is 0.251 e. The zero-order valence-electron chi connectivity index (χ0n) is 14.2. The lowest BCUT2D eigenvalue weighted by Gasteiger charge is -2.12. The lowest BCUT2D eigenvalue weighted by Crippen LogP contribution is -2.30. The molecule has 2 amide bonds. The Morgan fingerprint density at radius 1 is 1.08 bits per heavy atom. The summed E-state index contributed by atoms with van der Waals surface area (Å²) in [4.78, 5) is 24.2. The Kier molecular flexibility index (Phi) is 5.58. The van der Waals surface area contributed by atoms with Gasteiger partial charge in [0.25, 0.3) is 5.91 Å². The molecule has 0 aliphatic heterocycles. The molecule has 2 aromatic carbocycles. The number of carbonyl (C=O) groups is 2. The predicted molar refractivity (Wildman–Crippen MR) is 97.0 cm³/mol. The molecule has 5 heteroatoms. The van der Waals surface area contributed by atoms with Gasteiger partial charge in [-0.05, 0) is 62.2 Å². The highest BCUT2D eigenvalue weighted by Crippen LogP contribution is 2.17. The molecule has 0 atom stereocenters. The van der Waals surface area contributed by atoms with E-state index in [1.165, 1.54) is 0 Å². The topological polar surface area (TPSA) is 84.2 Å². The number of hydrogen-bond donors (Lipinski definition) is 3. The van der Waals surface area contributed by atoms with Crippen LogP contribution in [-0.4, -0.2) is 17.9 Å². The van der Waals surface area contributed by atoms with E-state index in [2.05, 4.69) is 10.6 Å². The fraction of sp³-hybridized carbons (Fsp3) is 0.263. The van der Waals surface area contributed by atoms with Gasteiger partial charge in [0.15, 0.2) is 0 Å². The third-order valence-corrected chi connectivity index (χ3v) is 3.53. The maximum absolute atomic E-state index is 12.2. The van der Waals surface area contributed by atoms with E-state index in [9.17, 15) is 9.59 Å². The second kappa shape index (κ2) is 7.64. The van der Waals surface area contributed by atoms with Crippen LogP contribution in [0.15, 0.2) is 42.5 Å². The van der Waals surface area contributed by atoms with Crippen LogP contribution in [0.4, 0.5) is 11.4 Å². The third-order valence-electron chi connectivity index (χ3n) is 3.53. The number of aryl methyl sites for hydroxylation is 1. The van der Waals surface area contributed by atoms with E-state index < -0.39 is 0 Å². The largest absolute Gasteiger partial charge is 0.399 e. The number of carbonyl (C=O) groups excluding carboxylic acids is 2. The second-order valence-electron chi connectivity index (χ2n) is 6.12. The number of nitrogens with one attached hydrogen (secondary N) is 2. The van der Waals surface area contributed by atoms with Gasteiger partial charge in [0.05, 0.1) is 6.42 Å². The van der Waals surface area contributed by atoms with E-state index in [1.807, 2.05) is 32.9 Å². The van der Waals surface area contributed by atoms with E-state index in [4.69, 9.17) is 5.73 Å². The molecule has 4 N–H and O–H groups in total. The minimum absolute atomic E-state index is 0.0806. The van der Waals surface area contributed by atoms with E-state index in [-0.39, 0.29) is 24.3 Å². The molecule has 24 heavy (non-hydrogen) atoms. The third kappa shape index (κ3) is 4.84. The minimum atomic E-state index is -0.118. The van der Waals surface area contributed by atoms with Crippen LogP contribution in [0, 0.1) is 6.92 Å². The highest BCUT2D eigenvalue weighted by atomic mass is 16.2. The summed E-state index contributed by atoms with van der Waals surface area (Å²) in [5.74, 6) is -0.227. The summed E-state index contributed by atoms with van der Waals surface area (Å²) in [5, 5.41) is 5.73. The van der Waals surface area contributed by atoms with Crippen LogP contribution >= 0.6 is 0 Å². The molecule has 0 saturated carbocycles. The van der Waals surface area contributed by atoms with E-state index >= 15 is 0 Å². The van der Waals surface area contributed by atoms with Crippen LogP contribution in [0.1, 0.15) is 35.3 Å². The summed E-state index contributed by atoms with van der Waals surface area (Å²) in [5.41, 5.74) is 9.33. The van der Waals surface area contributed by atoms with Gasteiger partial charge in [-0.2, -0.15) is 0 Å². The van der Waals surface area contributed by atoms with Crippen LogP contribution < -0.4 is 16.4 Å². The quantitative estimate of drug-likeness (QED) is 0.739. The van der Waals surface area contributed by atoms with Crippen molar-refractivity contribution in [1.29, 1.82) is 0 Å². The summed E-state index contributed by atoms with van der Waals surface area (Å²) in [6.07, 6.45) is 0.273. The lowest BCUT2D eigenvalue weighted by molar-refractivity contribution is -0.115. The highest BCUT2D eigenvalue weighted by Gasteiger charge is 2.10. The molecule has 0 heterocycles. The van der Waals surface area contributed by atoms with Crippen LogP contribution in [0.25, 0.3) is 0 Å². The first-order valence-electron chi connectivity index (χ1n) is 7.91.